The van der Waals surface area contributed by atoms with Crippen LogP contribution in [0.25, 0.3) is 0 Å². The zero-order chi connectivity index (χ0) is 17.4. The first-order valence-electron chi connectivity index (χ1n) is 8.30. The molecular formula is C17H25N3O3S. The van der Waals surface area contributed by atoms with Crippen molar-refractivity contribution in [2.24, 2.45) is 0 Å². The topological polar surface area (TPSA) is 63.7 Å². The van der Waals surface area contributed by atoms with Crippen molar-refractivity contribution in [3.05, 3.63) is 17.8 Å². The quantitative estimate of drug-likeness (QED) is 0.725. The molecule has 1 aromatic rings. The summed E-state index contributed by atoms with van der Waals surface area (Å²) in [6.45, 7) is 9.66. The van der Waals surface area contributed by atoms with E-state index >= 15 is 0 Å². The van der Waals surface area contributed by atoms with E-state index in [1.165, 1.54) is 0 Å². The standard InChI is InChI=1S/C17H25N3O3S/c1-12-9-13-14(18-10-12)22-17(11-19-24-13)5-7-20(8-6-17)15(21)23-16(2,3)4/h9-10,19H,5-8,11H2,1-4H3. The van der Waals surface area contributed by atoms with E-state index in [0.717, 1.165) is 29.8 Å². The van der Waals surface area contributed by atoms with Gasteiger partial charge in [0.25, 0.3) is 0 Å². The smallest absolute Gasteiger partial charge is 0.410 e. The zero-order valence-electron chi connectivity index (χ0n) is 14.7. The summed E-state index contributed by atoms with van der Waals surface area (Å²) >= 11 is 1.56. The highest BCUT2D eigenvalue weighted by Gasteiger charge is 2.41. The largest absolute Gasteiger partial charge is 0.469 e. The fourth-order valence-corrected chi connectivity index (χ4v) is 3.79. The third-order valence-corrected chi connectivity index (χ3v) is 4.97. The van der Waals surface area contributed by atoms with Gasteiger partial charge in [-0.1, -0.05) is 0 Å². The van der Waals surface area contributed by atoms with Crippen molar-refractivity contribution in [2.45, 2.75) is 56.6 Å². The molecule has 1 aromatic heterocycles. The summed E-state index contributed by atoms with van der Waals surface area (Å²) in [4.78, 5) is 19.4. The SMILES string of the molecule is Cc1cnc2c(c1)SNCC1(CCN(C(=O)OC(C)(C)C)CC1)O2. The van der Waals surface area contributed by atoms with Gasteiger partial charge in [-0.3, -0.25) is 4.72 Å². The van der Waals surface area contributed by atoms with Gasteiger partial charge in [-0.2, -0.15) is 0 Å². The molecule has 2 aliphatic heterocycles. The van der Waals surface area contributed by atoms with Crippen molar-refractivity contribution in [3.63, 3.8) is 0 Å². The number of hydrogen-bond acceptors (Lipinski definition) is 6. The van der Waals surface area contributed by atoms with E-state index in [4.69, 9.17) is 9.47 Å². The van der Waals surface area contributed by atoms with Gasteiger partial charge in [-0.05, 0) is 51.3 Å². The Morgan fingerprint density at radius 3 is 2.79 bits per heavy atom. The average molecular weight is 351 g/mol. The fraction of sp³-hybridized carbons (Fsp3) is 0.647. The summed E-state index contributed by atoms with van der Waals surface area (Å²) in [5, 5.41) is 0. The predicted octanol–water partition coefficient (Wildman–Crippen LogP) is 3.15. The summed E-state index contributed by atoms with van der Waals surface area (Å²) in [5.74, 6) is 0.682. The molecule has 24 heavy (non-hydrogen) atoms. The highest BCUT2D eigenvalue weighted by atomic mass is 32.2. The Hall–Kier alpha value is -1.47. The molecule has 0 saturated carbocycles. The molecule has 6 nitrogen and oxygen atoms in total. The minimum Gasteiger partial charge on any atom is -0.469 e. The maximum Gasteiger partial charge on any atom is 0.410 e. The molecule has 1 spiro atoms. The summed E-state index contributed by atoms with van der Waals surface area (Å²) in [7, 11) is 0. The predicted molar refractivity (Wildman–Crippen MR) is 93.2 cm³/mol. The zero-order valence-corrected chi connectivity index (χ0v) is 15.5. The van der Waals surface area contributed by atoms with Crippen LogP contribution in [0, 0.1) is 6.92 Å². The molecule has 0 unspecified atom stereocenters. The normalized spacial score (nSPS) is 20.1. The molecule has 0 bridgehead atoms. The van der Waals surface area contributed by atoms with Gasteiger partial charge in [-0.15, -0.1) is 0 Å². The Morgan fingerprint density at radius 2 is 2.12 bits per heavy atom. The Balaban J connectivity index is 1.67. The van der Waals surface area contributed by atoms with Crippen LogP contribution in [0.1, 0.15) is 39.2 Å². The maximum atomic E-state index is 12.2. The molecule has 7 heteroatoms. The van der Waals surface area contributed by atoms with Gasteiger partial charge in [0, 0.05) is 38.7 Å². The van der Waals surface area contributed by atoms with E-state index in [-0.39, 0.29) is 11.7 Å². The van der Waals surface area contributed by atoms with Gasteiger partial charge >= 0.3 is 6.09 Å². The maximum absolute atomic E-state index is 12.2. The Morgan fingerprint density at radius 1 is 1.42 bits per heavy atom. The number of amides is 1. The van der Waals surface area contributed by atoms with Crippen LogP contribution in [0.2, 0.25) is 0 Å². The number of carbonyl (C=O) groups excluding carboxylic acids is 1. The van der Waals surface area contributed by atoms with Crippen molar-refractivity contribution in [2.75, 3.05) is 19.6 Å². The first-order valence-corrected chi connectivity index (χ1v) is 9.11. The third kappa shape index (κ3) is 3.95. The first-order chi connectivity index (χ1) is 11.3. The molecule has 2 aliphatic rings. The molecule has 1 fully saturated rings. The fourth-order valence-electron chi connectivity index (χ4n) is 2.87. The molecule has 3 rings (SSSR count). The second kappa shape index (κ2) is 6.44. The van der Waals surface area contributed by atoms with Crippen LogP contribution in [0.4, 0.5) is 4.79 Å². The van der Waals surface area contributed by atoms with Crippen LogP contribution in [-0.2, 0) is 4.74 Å². The summed E-state index contributed by atoms with van der Waals surface area (Å²) in [6.07, 6.45) is 3.10. The number of carbonyl (C=O) groups is 1. The lowest BCUT2D eigenvalue weighted by Gasteiger charge is -2.40. The van der Waals surface area contributed by atoms with E-state index < -0.39 is 5.60 Å². The molecule has 1 saturated heterocycles. The van der Waals surface area contributed by atoms with Crippen molar-refractivity contribution in [3.8, 4) is 5.88 Å². The lowest BCUT2D eigenvalue weighted by molar-refractivity contribution is -0.0169. The number of aryl methyl sites for hydroxylation is 1. The number of likely N-dealkylation sites (tertiary alicyclic amines) is 1. The minimum absolute atomic E-state index is 0.248. The van der Waals surface area contributed by atoms with Crippen LogP contribution in [0.15, 0.2) is 17.2 Å². The summed E-state index contributed by atoms with van der Waals surface area (Å²) < 4.78 is 15.1. The van der Waals surface area contributed by atoms with Crippen LogP contribution >= 0.6 is 11.9 Å². The third-order valence-electron chi connectivity index (χ3n) is 4.17. The second-order valence-corrected chi connectivity index (χ2v) is 8.42. The number of nitrogens with one attached hydrogen (secondary N) is 1. The Bertz CT molecular complexity index is 622. The van der Waals surface area contributed by atoms with Crippen molar-refractivity contribution in [1.82, 2.24) is 14.6 Å². The van der Waals surface area contributed by atoms with Crippen molar-refractivity contribution in [1.29, 1.82) is 0 Å². The van der Waals surface area contributed by atoms with Gasteiger partial charge < -0.3 is 14.4 Å². The number of pyridine rings is 1. The summed E-state index contributed by atoms with van der Waals surface area (Å²) in [5.41, 5.74) is 0.325. The number of rotatable bonds is 0. The van der Waals surface area contributed by atoms with Gasteiger partial charge in [0.1, 0.15) is 11.2 Å². The second-order valence-electron chi connectivity index (χ2n) is 7.49. The highest BCUT2D eigenvalue weighted by molar-refractivity contribution is 7.97. The Labute approximate surface area is 147 Å². The van der Waals surface area contributed by atoms with E-state index in [9.17, 15) is 4.79 Å². The molecular weight excluding hydrogens is 326 g/mol. The van der Waals surface area contributed by atoms with E-state index in [1.807, 2.05) is 33.9 Å². The summed E-state index contributed by atoms with van der Waals surface area (Å²) in [6, 6.07) is 2.08. The molecule has 3 heterocycles. The van der Waals surface area contributed by atoms with E-state index in [0.29, 0.717) is 19.0 Å². The number of piperidine rings is 1. The molecule has 0 atom stereocenters. The molecule has 0 aliphatic carbocycles. The highest BCUT2D eigenvalue weighted by Crippen LogP contribution is 2.36. The van der Waals surface area contributed by atoms with Crippen molar-refractivity contribution < 1.29 is 14.3 Å². The first kappa shape index (κ1) is 17.4. The molecule has 1 amide bonds. The molecule has 132 valence electrons. The lowest BCUT2D eigenvalue weighted by Crippen LogP contribution is -2.54. The monoisotopic (exact) mass is 351 g/mol. The number of hydrogen-bond donors (Lipinski definition) is 1. The molecule has 1 N–H and O–H groups in total. The van der Waals surface area contributed by atoms with Crippen LogP contribution < -0.4 is 9.46 Å². The van der Waals surface area contributed by atoms with Gasteiger partial charge in [0.05, 0.1) is 4.90 Å². The minimum atomic E-state index is -0.468. The molecule has 0 radical (unpaired) electrons. The van der Waals surface area contributed by atoms with Gasteiger partial charge in [0.2, 0.25) is 5.88 Å². The van der Waals surface area contributed by atoms with Crippen LogP contribution in [0.3, 0.4) is 0 Å². The van der Waals surface area contributed by atoms with Gasteiger partial charge in [0.15, 0.2) is 0 Å². The number of aromatic nitrogens is 1. The van der Waals surface area contributed by atoms with Crippen LogP contribution in [0.5, 0.6) is 5.88 Å². The number of fused-ring (bicyclic) bond motifs is 1. The van der Waals surface area contributed by atoms with Gasteiger partial charge in [-0.25, -0.2) is 9.78 Å². The Kier molecular flexibility index (Phi) is 4.66. The number of ether oxygens (including phenoxy) is 2. The molecule has 0 aromatic carbocycles. The lowest BCUT2D eigenvalue weighted by atomic mass is 9.91. The number of nitrogens with zero attached hydrogens (tertiary/aromatic N) is 2. The van der Waals surface area contributed by atoms with Crippen LogP contribution in [-0.4, -0.2) is 46.8 Å². The average Bonchev–Trinajstić information content (AvgIpc) is 2.65. The van der Waals surface area contributed by atoms with Crippen molar-refractivity contribution >= 4 is 18.0 Å². The van der Waals surface area contributed by atoms with E-state index in [2.05, 4.69) is 15.8 Å². The van der Waals surface area contributed by atoms with E-state index in [1.54, 1.807) is 16.8 Å².